The summed E-state index contributed by atoms with van der Waals surface area (Å²) in [5.74, 6) is -0.236. The van der Waals surface area contributed by atoms with Gasteiger partial charge in [-0.15, -0.1) is 0 Å². The largest absolute Gasteiger partial charge is 0.394 e. The fourth-order valence-corrected chi connectivity index (χ4v) is 10.5. The Morgan fingerprint density at radius 3 is 1.24 bits per heavy atom. The van der Waals surface area contributed by atoms with Crippen molar-refractivity contribution in [1.29, 1.82) is 0 Å². The van der Waals surface area contributed by atoms with Crippen LogP contribution in [0.15, 0.2) is 12.2 Å². The third kappa shape index (κ3) is 32.0. The van der Waals surface area contributed by atoms with Crippen LogP contribution in [0.1, 0.15) is 271 Å². The standard InChI is InChI=1S/C60H115NO13/c1-3-5-7-9-11-13-15-17-18-19-20-21-22-23-24-25-26-27-28-29-30-31-32-33-35-37-39-41-43-49(64)48(61-52(65)44-42-40-38-36-34-16-14-12-10-8-6-4-2)47-71-59-57(70)55(68)58(51(46-63)73-59)74-60-56(69)54(67)53(66)50(45-62)72-60/h41,43,48-51,53-60,62-64,66-70H,3-40,42,44-47H2,1-2H3,(H,61,65)/b43-41+. The number of carbonyl (C=O) groups excluding carboxylic acids is 1. The third-order valence-electron chi connectivity index (χ3n) is 15.5. The topological polar surface area (TPSA) is 228 Å². The lowest BCUT2D eigenvalue weighted by atomic mass is 9.97. The number of amides is 1. The van der Waals surface area contributed by atoms with Crippen LogP contribution < -0.4 is 5.32 Å². The molecule has 12 atom stereocenters. The van der Waals surface area contributed by atoms with Crippen molar-refractivity contribution in [1.82, 2.24) is 5.32 Å². The molecule has 2 aliphatic rings. The molecule has 0 aliphatic carbocycles. The molecule has 1 amide bonds. The molecule has 0 saturated carbocycles. The first kappa shape index (κ1) is 68.8. The Morgan fingerprint density at radius 2 is 0.838 bits per heavy atom. The van der Waals surface area contributed by atoms with Crippen molar-refractivity contribution in [3.63, 3.8) is 0 Å². The second kappa shape index (κ2) is 46.6. The van der Waals surface area contributed by atoms with E-state index in [4.69, 9.17) is 18.9 Å². The number of allylic oxidation sites excluding steroid dienone is 1. The lowest BCUT2D eigenvalue weighted by molar-refractivity contribution is -0.359. The summed E-state index contributed by atoms with van der Waals surface area (Å²) >= 11 is 0. The second-order valence-electron chi connectivity index (χ2n) is 22.2. The van der Waals surface area contributed by atoms with Gasteiger partial charge in [-0.2, -0.15) is 0 Å². The number of aliphatic hydroxyl groups excluding tert-OH is 8. The number of unbranched alkanes of at least 4 members (excludes halogenated alkanes) is 37. The third-order valence-corrected chi connectivity index (χ3v) is 15.5. The van der Waals surface area contributed by atoms with Crippen LogP contribution in [0.25, 0.3) is 0 Å². The van der Waals surface area contributed by atoms with E-state index in [0.717, 1.165) is 38.5 Å². The smallest absolute Gasteiger partial charge is 0.220 e. The molecular weight excluding hydrogens is 943 g/mol. The lowest BCUT2D eigenvalue weighted by Crippen LogP contribution is -2.65. The SMILES string of the molecule is CCCCCCCCCCCCCCCCCCCCCCCCCCCC/C=C/C(O)C(COC1OC(CO)C(OC2OC(CO)C(O)C(O)C2O)C(O)C1O)NC(=O)CCCCCCCCCCCCCC. The zero-order valence-corrected chi connectivity index (χ0v) is 47.1. The molecule has 9 N–H and O–H groups in total. The first-order valence-corrected chi connectivity index (χ1v) is 30.9. The molecule has 2 saturated heterocycles. The maximum absolute atomic E-state index is 13.2. The van der Waals surface area contributed by atoms with Gasteiger partial charge in [0.05, 0.1) is 32.0 Å². The van der Waals surface area contributed by atoms with Crippen molar-refractivity contribution in [2.45, 2.75) is 344 Å². The van der Waals surface area contributed by atoms with Gasteiger partial charge < -0.3 is 65.1 Å². The van der Waals surface area contributed by atoms with Crippen LogP contribution in [-0.4, -0.2) is 140 Å². The van der Waals surface area contributed by atoms with E-state index in [2.05, 4.69) is 19.2 Å². The molecule has 12 unspecified atom stereocenters. The minimum Gasteiger partial charge on any atom is -0.394 e. The summed E-state index contributed by atoms with van der Waals surface area (Å²) < 4.78 is 22.8. The summed E-state index contributed by atoms with van der Waals surface area (Å²) in [5, 5.41) is 87.0. The summed E-state index contributed by atoms with van der Waals surface area (Å²) in [5.41, 5.74) is 0. The molecule has 74 heavy (non-hydrogen) atoms. The van der Waals surface area contributed by atoms with Gasteiger partial charge in [0, 0.05) is 6.42 Å². The summed E-state index contributed by atoms with van der Waals surface area (Å²) in [6.07, 6.45) is 37.0. The van der Waals surface area contributed by atoms with Crippen LogP contribution in [0.3, 0.4) is 0 Å². The lowest BCUT2D eigenvalue weighted by Gasteiger charge is -2.46. The Morgan fingerprint density at radius 1 is 0.473 bits per heavy atom. The van der Waals surface area contributed by atoms with Crippen LogP contribution in [0.2, 0.25) is 0 Å². The maximum atomic E-state index is 13.2. The van der Waals surface area contributed by atoms with Gasteiger partial charge in [0.25, 0.3) is 0 Å². The molecule has 0 aromatic heterocycles. The zero-order chi connectivity index (χ0) is 53.9. The minimum atomic E-state index is -1.78. The first-order valence-electron chi connectivity index (χ1n) is 30.9. The fraction of sp³-hybridized carbons (Fsp3) is 0.950. The Bertz CT molecular complexity index is 1290. The van der Waals surface area contributed by atoms with Gasteiger partial charge in [-0.3, -0.25) is 4.79 Å². The van der Waals surface area contributed by atoms with Gasteiger partial charge in [0.15, 0.2) is 12.6 Å². The molecule has 14 nitrogen and oxygen atoms in total. The van der Waals surface area contributed by atoms with Crippen LogP contribution in [-0.2, 0) is 23.7 Å². The Balaban J connectivity index is 1.69. The highest BCUT2D eigenvalue weighted by molar-refractivity contribution is 5.76. The quantitative estimate of drug-likeness (QED) is 0.0204. The van der Waals surface area contributed by atoms with Crippen molar-refractivity contribution in [3.05, 3.63) is 12.2 Å². The molecule has 0 aromatic carbocycles. The van der Waals surface area contributed by atoms with E-state index in [1.165, 1.54) is 205 Å². The van der Waals surface area contributed by atoms with E-state index in [-0.39, 0.29) is 18.9 Å². The summed E-state index contributed by atoms with van der Waals surface area (Å²) in [6, 6.07) is -0.909. The zero-order valence-electron chi connectivity index (χ0n) is 47.1. The normalized spacial score (nSPS) is 25.2. The number of hydrogen-bond acceptors (Lipinski definition) is 13. The van der Waals surface area contributed by atoms with Crippen molar-refractivity contribution < 1.29 is 64.6 Å². The van der Waals surface area contributed by atoms with Gasteiger partial charge in [0.2, 0.25) is 5.91 Å². The summed E-state index contributed by atoms with van der Waals surface area (Å²) in [4.78, 5) is 13.2. The highest BCUT2D eigenvalue weighted by atomic mass is 16.7. The predicted octanol–water partition coefficient (Wildman–Crippen LogP) is 10.7. The molecule has 14 heteroatoms. The molecule has 2 rings (SSSR count). The number of hydrogen-bond donors (Lipinski definition) is 9. The van der Waals surface area contributed by atoms with Gasteiger partial charge in [-0.1, -0.05) is 257 Å². The Kier molecular flexibility index (Phi) is 43.4. The van der Waals surface area contributed by atoms with Crippen molar-refractivity contribution in [3.8, 4) is 0 Å². The average Bonchev–Trinajstić information content (AvgIpc) is 3.40. The minimum absolute atomic E-state index is 0.236. The monoisotopic (exact) mass is 1060 g/mol. The number of aliphatic hydroxyl groups is 8. The van der Waals surface area contributed by atoms with Crippen LogP contribution >= 0.6 is 0 Å². The highest BCUT2D eigenvalue weighted by Gasteiger charge is 2.51. The van der Waals surface area contributed by atoms with Gasteiger partial charge in [0.1, 0.15) is 48.8 Å². The second-order valence-corrected chi connectivity index (χ2v) is 22.2. The van der Waals surface area contributed by atoms with Crippen LogP contribution in [0.5, 0.6) is 0 Å². The van der Waals surface area contributed by atoms with Crippen molar-refractivity contribution >= 4 is 5.91 Å². The highest BCUT2D eigenvalue weighted by Crippen LogP contribution is 2.30. The molecule has 0 aromatic rings. The summed E-state index contributed by atoms with van der Waals surface area (Å²) in [7, 11) is 0. The first-order chi connectivity index (χ1) is 36.1. The predicted molar refractivity (Wildman–Crippen MR) is 295 cm³/mol. The number of ether oxygens (including phenoxy) is 4. The molecule has 0 spiro atoms. The Labute approximate surface area is 450 Å². The van der Waals surface area contributed by atoms with E-state index in [0.29, 0.717) is 6.42 Å². The van der Waals surface area contributed by atoms with E-state index in [1.54, 1.807) is 6.08 Å². The van der Waals surface area contributed by atoms with Gasteiger partial charge in [-0.05, 0) is 19.3 Å². The molecule has 2 fully saturated rings. The Hall–Kier alpha value is -1.27. The van der Waals surface area contributed by atoms with E-state index >= 15 is 0 Å². The molecule has 2 aliphatic heterocycles. The fourth-order valence-electron chi connectivity index (χ4n) is 10.5. The van der Waals surface area contributed by atoms with Crippen LogP contribution in [0, 0.1) is 0 Å². The molecule has 0 bridgehead atoms. The van der Waals surface area contributed by atoms with Crippen LogP contribution in [0.4, 0.5) is 0 Å². The summed E-state index contributed by atoms with van der Waals surface area (Å²) in [6.45, 7) is 2.82. The maximum Gasteiger partial charge on any atom is 0.220 e. The molecule has 438 valence electrons. The number of nitrogens with one attached hydrogen (secondary N) is 1. The van der Waals surface area contributed by atoms with Crippen molar-refractivity contribution in [2.24, 2.45) is 0 Å². The van der Waals surface area contributed by atoms with E-state index < -0.39 is 86.8 Å². The van der Waals surface area contributed by atoms with Gasteiger partial charge in [-0.25, -0.2) is 0 Å². The van der Waals surface area contributed by atoms with E-state index in [9.17, 15) is 45.6 Å². The van der Waals surface area contributed by atoms with Gasteiger partial charge >= 0.3 is 0 Å². The van der Waals surface area contributed by atoms with Crippen molar-refractivity contribution in [2.75, 3.05) is 19.8 Å². The number of rotatable bonds is 50. The molecular formula is C60H115NO13. The molecule has 2 heterocycles. The molecule has 0 radical (unpaired) electrons. The van der Waals surface area contributed by atoms with E-state index in [1.807, 2.05) is 6.08 Å². The number of carbonyl (C=O) groups is 1. The average molecular weight is 1060 g/mol.